The molecule has 7 nitrogen and oxygen atoms in total. The molecular formula is C17H14BrN3O4S. The van der Waals surface area contributed by atoms with Crippen LogP contribution in [0.15, 0.2) is 68.5 Å². The molecule has 0 unspecified atom stereocenters. The number of carbonyl (C=O) groups excluding carboxylic acids is 1. The Balaban J connectivity index is 1.72. The molecule has 0 spiro atoms. The van der Waals surface area contributed by atoms with Crippen molar-refractivity contribution in [1.29, 1.82) is 0 Å². The number of halogens is 1. The molecule has 2 aromatic carbocycles. The molecule has 3 rings (SSSR count). The average Bonchev–Trinajstić information content (AvgIpc) is 2.99. The molecule has 0 aliphatic heterocycles. The van der Waals surface area contributed by atoms with E-state index < -0.39 is 10.0 Å². The highest BCUT2D eigenvalue weighted by Gasteiger charge is 2.16. The SMILES string of the molecule is Cc1cc(NS(=O)(=O)c2ccc(NC(=O)c3cccc(Br)c3)cc2)no1. The van der Waals surface area contributed by atoms with Crippen LogP contribution in [0.1, 0.15) is 16.1 Å². The molecule has 3 aromatic rings. The summed E-state index contributed by atoms with van der Waals surface area (Å²) in [6, 6.07) is 14.2. The van der Waals surface area contributed by atoms with Crippen LogP contribution in [0.4, 0.5) is 11.5 Å². The van der Waals surface area contributed by atoms with Crippen molar-refractivity contribution in [2.75, 3.05) is 10.0 Å². The smallest absolute Gasteiger partial charge is 0.263 e. The zero-order valence-corrected chi connectivity index (χ0v) is 16.0. The number of benzene rings is 2. The maximum absolute atomic E-state index is 12.3. The molecule has 0 radical (unpaired) electrons. The summed E-state index contributed by atoms with van der Waals surface area (Å²) in [6.45, 7) is 1.66. The van der Waals surface area contributed by atoms with Gasteiger partial charge in [0.15, 0.2) is 5.82 Å². The van der Waals surface area contributed by atoms with Crippen molar-refractivity contribution < 1.29 is 17.7 Å². The monoisotopic (exact) mass is 435 g/mol. The number of hydrogen-bond donors (Lipinski definition) is 2. The summed E-state index contributed by atoms with van der Waals surface area (Å²) in [5.74, 6) is 0.306. The summed E-state index contributed by atoms with van der Waals surface area (Å²) < 4.78 is 32.6. The number of sulfonamides is 1. The second-order valence-corrected chi connectivity index (χ2v) is 8.02. The van der Waals surface area contributed by atoms with Gasteiger partial charge in [0.05, 0.1) is 4.90 Å². The van der Waals surface area contributed by atoms with Crippen LogP contribution < -0.4 is 10.0 Å². The van der Waals surface area contributed by atoms with Crippen LogP contribution in [0, 0.1) is 6.92 Å². The van der Waals surface area contributed by atoms with Gasteiger partial charge in [0.2, 0.25) is 0 Å². The van der Waals surface area contributed by atoms with Gasteiger partial charge in [-0.15, -0.1) is 0 Å². The average molecular weight is 436 g/mol. The van der Waals surface area contributed by atoms with Crippen LogP contribution in [-0.4, -0.2) is 19.5 Å². The number of aromatic nitrogens is 1. The van der Waals surface area contributed by atoms with Gasteiger partial charge in [-0.2, -0.15) is 0 Å². The lowest BCUT2D eigenvalue weighted by Crippen LogP contribution is -2.14. The molecule has 134 valence electrons. The lowest BCUT2D eigenvalue weighted by Gasteiger charge is -2.08. The highest BCUT2D eigenvalue weighted by molar-refractivity contribution is 9.10. The topological polar surface area (TPSA) is 101 Å². The predicted octanol–water partition coefficient (Wildman–Crippen LogP) is 3.80. The lowest BCUT2D eigenvalue weighted by atomic mass is 10.2. The molecule has 1 heterocycles. The summed E-state index contributed by atoms with van der Waals surface area (Å²) in [5.41, 5.74) is 0.963. The number of hydrogen-bond acceptors (Lipinski definition) is 5. The molecule has 26 heavy (non-hydrogen) atoms. The number of aryl methyl sites for hydroxylation is 1. The first kappa shape index (κ1) is 18.2. The van der Waals surface area contributed by atoms with Crippen molar-refractivity contribution in [1.82, 2.24) is 5.16 Å². The Morgan fingerprint density at radius 1 is 1.12 bits per heavy atom. The lowest BCUT2D eigenvalue weighted by molar-refractivity contribution is 0.102. The quantitative estimate of drug-likeness (QED) is 0.634. The molecule has 1 aromatic heterocycles. The summed E-state index contributed by atoms with van der Waals surface area (Å²) in [6.07, 6.45) is 0. The van der Waals surface area contributed by atoms with E-state index in [2.05, 4.69) is 31.1 Å². The van der Waals surface area contributed by atoms with Crippen molar-refractivity contribution >= 4 is 43.4 Å². The third kappa shape index (κ3) is 4.30. The molecule has 0 aliphatic rings. The zero-order chi connectivity index (χ0) is 18.7. The maximum atomic E-state index is 12.3. The first-order chi connectivity index (χ1) is 12.3. The summed E-state index contributed by atoms with van der Waals surface area (Å²) in [4.78, 5) is 12.3. The largest absolute Gasteiger partial charge is 0.360 e. The molecule has 0 bridgehead atoms. The summed E-state index contributed by atoms with van der Waals surface area (Å²) in [5, 5.41) is 6.31. The molecule has 0 aliphatic carbocycles. The molecular weight excluding hydrogens is 422 g/mol. The third-order valence-corrected chi connectivity index (χ3v) is 5.24. The van der Waals surface area contributed by atoms with Crippen LogP contribution in [0.3, 0.4) is 0 Å². The van der Waals surface area contributed by atoms with E-state index in [9.17, 15) is 13.2 Å². The number of rotatable bonds is 5. The van der Waals surface area contributed by atoms with E-state index in [1.165, 1.54) is 30.3 Å². The highest BCUT2D eigenvalue weighted by Crippen LogP contribution is 2.19. The van der Waals surface area contributed by atoms with Gasteiger partial charge in [-0.25, -0.2) is 8.42 Å². The van der Waals surface area contributed by atoms with Crippen LogP contribution in [-0.2, 0) is 10.0 Å². The van der Waals surface area contributed by atoms with E-state index >= 15 is 0 Å². The number of carbonyl (C=O) groups is 1. The van der Waals surface area contributed by atoms with Gasteiger partial charge in [-0.1, -0.05) is 27.2 Å². The van der Waals surface area contributed by atoms with Crippen LogP contribution in [0.25, 0.3) is 0 Å². The van der Waals surface area contributed by atoms with Gasteiger partial charge in [-0.3, -0.25) is 9.52 Å². The van der Waals surface area contributed by atoms with E-state index in [1.54, 1.807) is 25.1 Å². The van der Waals surface area contributed by atoms with Crippen LogP contribution in [0.5, 0.6) is 0 Å². The minimum atomic E-state index is -3.79. The minimum Gasteiger partial charge on any atom is -0.360 e. The zero-order valence-electron chi connectivity index (χ0n) is 13.6. The van der Waals surface area contributed by atoms with E-state index in [0.717, 1.165) is 4.47 Å². The van der Waals surface area contributed by atoms with Gasteiger partial charge in [0, 0.05) is 21.8 Å². The minimum absolute atomic E-state index is 0.0404. The molecule has 0 saturated carbocycles. The summed E-state index contributed by atoms with van der Waals surface area (Å²) in [7, 11) is -3.79. The molecule has 9 heteroatoms. The van der Waals surface area contributed by atoms with Crippen molar-refractivity contribution in [3.8, 4) is 0 Å². The second kappa shape index (κ2) is 7.30. The Morgan fingerprint density at radius 2 is 1.85 bits per heavy atom. The number of nitrogens with one attached hydrogen (secondary N) is 2. The van der Waals surface area contributed by atoms with Crippen LogP contribution in [0.2, 0.25) is 0 Å². The Kier molecular flexibility index (Phi) is 5.10. The van der Waals surface area contributed by atoms with Crippen molar-refractivity contribution in [2.45, 2.75) is 11.8 Å². The highest BCUT2D eigenvalue weighted by atomic mass is 79.9. The molecule has 0 atom stereocenters. The Labute approximate surface area is 158 Å². The Morgan fingerprint density at radius 3 is 2.46 bits per heavy atom. The third-order valence-electron chi connectivity index (χ3n) is 3.38. The Hall–Kier alpha value is -2.65. The molecule has 0 fully saturated rings. The van der Waals surface area contributed by atoms with Gasteiger partial charge in [0.1, 0.15) is 5.76 Å². The molecule has 0 saturated heterocycles. The van der Waals surface area contributed by atoms with E-state index in [0.29, 0.717) is 17.0 Å². The van der Waals surface area contributed by atoms with Gasteiger partial charge >= 0.3 is 0 Å². The summed E-state index contributed by atoms with van der Waals surface area (Å²) >= 11 is 3.31. The Bertz CT molecular complexity index is 1050. The number of nitrogens with zero attached hydrogens (tertiary/aromatic N) is 1. The standard InChI is InChI=1S/C17H14BrN3O4S/c1-11-9-16(20-25-11)21-26(23,24)15-7-5-14(6-8-15)19-17(22)12-3-2-4-13(18)10-12/h2-10H,1H3,(H,19,22)(H,20,21). The van der Waals surface area contributed by atoms with E-state index in [-0.39, 0.29) is 16.6 Å². The van der Waals surface area contributed by atoms with Crippen molar-refractivity contribution in [2.24, 2.45) is 0 Å². The van der Waals surface area contributed by atoms with Crippen LogP contribution >= 0.6 is 15.9 Å². The maximum Gasteiger partial charge on any atom is 0.263 e. The normalized spacial score (nSPS) is 11.2. The van der Waals surface area contributed by atoms with Crippen molar-refractivity contribution in [3.63, 3.8) is 0 Å². The van der Waals surface area contributed by atoms with E-state index in [1.807, 2.05) is 6.07 Å². The second-order valence-electron chi connectivity index (χ2n) is 5.42. The fourth-order valence-electron chi connectivity index (χ4n) is 2.16. The number of amides is 1. The fraction of sp³-hybridized carbons (Fsp3) is 0.0588. The number of anilines is 2. The predicted molar refractivity (Wildman–Crippen MR) is 101 cm³/mol. The van der Waals surface area contributed by atoms with Gasteiger partial charge in [-0.05, 0) is 49.4 Å². The molecule has 1 amide bonds. The fourth-order valence-corrected chi connectivity index (χ4v) is 3.54. The van der Waals surface area contributed by atoms with E-state index in [4.69, 9.17) is 4.52 Å². The molecule has 2 N–H and O–H groups in total. The van der Waals surface area contributed by atoms with Crippen molar-refractivity contribution in [3.05, 3.63) is 70.4 Å². The first-order valence-electron chi connectivity index (χ1n) is 7.47. The van der Waals surface area contributed by atoms with Gasteiger partial charge in [0.25, 0.3) is 15.9 Å². The first-order valence-corrected chi connectivity index (χ1v) is 9.74. The van der Waals surface area contributed by atoms with Gasteiger partial charge < -0.3 is 9.84 Å².